The van der Waals surface area contributed by atoms with Gasteiger partial charge in [-0.3, -0.25) is 25.4 Å². The molecule has 0 saturated carbocycles. The summed E-state index contributed by atoms with van der Waals surface area (Å²) in [5.41, 5.74) is 1.40. The molecule has 0 amide bonds. The Labute approximate surface area is 110 Å². The number of carboxylic acid groups (broad SMARTS) is 1. The summed E-state index contributed by atoms with van der Waals surface area (Å²) in [6.07, 6.45) is 1.33. The lowest BCUT2D eigenvalue weighted by atomic mass is 10.1. The maximum atomic E-state index is 13.8. The van der Waals surface area contributed by atoms with E-state index in [0.29, 0.717) is 0 Å². The molecule has 0 aliphatic heterocycles. The van der Waals surface area contributed by atoms with Gasteiger partial charge >= 0.3 is 5.97 Å². The number of rotatable bonds is 5. The number of non-ortho nitro benzene ring substituents is 1. The first-order valence-corrected chi connectivity index (χ1v) is 5.32. The highest BCUT2D eigenvalue weighted by Gasteiger charge is 2.20. The summed E-state index contributed by atoms with van der Waals surface area (Å²) in [4.78, 5) is 28.9. The topological polar surface area (TPSA) is 115 Å². The number of hydrogen-bond acceptors (Lipinski definition) is 6. The number of carbonyl (C=O) groups is 1. The number of halogens is 1. The van der Waals surface area contributed by atoms with E-state index in [9.17, 15) is 19.3 Å². The zero-order valence-corrected chi connectivity index (χ0v) is 9.87. The fourth-order valence-electron chi connectivity index (χ4n) is 1.61. The summed E-state index contributed by atoms with van der Waals surface area (Å²) in [5.74, 6) is -2.22. The van der Waals surface area contributed by atoms with Gasteiger partial charge in [0.1, 0.15) is 11.2 Å². The number of fused-ring (bicyclic) bond motifs is 1. The molecule has 0 aliphatic carbocycles. The molecule has 0 aliphatic rings. The number of nitro groups is 1. The van der Waals surface area contributed by atoms with Crippen LogP contribution in [0.2, 0.25) is 0 Å². The summed E-state index contributed by atoms with van der Waals surface area (Å²) in [6, 6.07) is 3.59. The Morgan fingerprint density at radius 2 is 2.35 bits per heavy atom. The monoisotopic (exact) mass is 281 g/mol. The lowest BCUT2D eigenvalue weighted by Crippen LogP contribution is -2.12. The molecule has 8 nitrogen and oxygen atoms in total. The number of pyridine rings is 1. The third-order valence-electron chi connectivity index (χ3n) is 2.39. The predicted octanol–water partition coefficient (Wildman–Crippen LogP) is 1.71. The number of hydrogen-bond donors (Lipinski definition) is 2. The van der Waals surface area contributed by atoms with Crippen molar-refractivity contribution < 1.29 is 24.1 Å². The van der Waals surface area contributed by atoms with Gasteiger partial charge in [-0.25, -0.2) is 9.18 Å². The van der Waals surface area contributed by atoms with Gasteiger partial charge in [0.25, 0.3) is 5.69 Å². The molecule has 2 N–H and O–H groups in total. The van der Waals surface area contributed by atoms with Crippen molar-refractivity contribution in [2.24, 2.45) is 0 Å². The van der Waals surface area contributed by atoms with E-state index in [1.165, 1.54) is 18.3 Å². The van der Waals surface area contributed by atoms with Crippen molar-refractivity contribution in [3.63, 3.8) is 0 Å². The molecule has 2 rings (SSSR count). The number of nitro benzene ring substituents is 1. The van der Waals surface area contributed by atoms with Gasteiger partial charge in [-0.2, -0.15) is 0 Å². The number of nitrogens with one attached hydrogen (secondary N) is 1. The Bertz CT molecular complexity index is 691. The molecule has 1 aromatic heterocycles. The van der Waals surface area contributed by atoms with Crippen LogP contribution in [0.3, 0.4) is 0 Å². The first-order valence-electron chi connectivity index (χ1n) is 5.32. The minimum atomic E-state index is -1.25. The number of anilines is 1. The zero-order chi connectivity index (χ0) is 14.7. The van der Waals surface area contributed by atoms with Crippen LogP contribution in [-0.4, -0.2) is 27.6 Å². The van der Waals surface area contributed by atoms with Crippen LogP contribution in [-0.2, 0) is 9.63 Å². The summed E-state index contributed by atoms with van der Waals surface area (Å²) < 4.78 is 13.8. The van der Waals surface area contributed by atoms with Crippen molar-refractivity contribution in [1.29, 1.82) is 0 Å². The highest BCUT2D eigenvalue weighted by atomic mass is 19.1. The lowest BCUT2D eigenvalue weighted by Gasteiger charge is -2.09. The van der Waals surface area contributed by atoms with Crippen LogP contribution in [0.1, 0.15) is 0 Å². The van der Waals surface area contributed by atoms with Crippen molar-refractivity contribution in [3.8, 4) is 0 Å². The van der Waals surface area contributed by atoms with Crippen molar-refractivity contribution in [3.05, 3.63) is 40.3 Å². The van der Waals surface area contributed by atoms with Crippen molar-refractivity contribution in [2.75, 3.05) is 12.1 Å². The molecule has 0 saturated heterocycles. The predicted molar refractivity (Wildman–Crippen MR) is 65.6 cm³/mol. The Kier molecular flexibility index (Phi) is 3.71. The molecule has 9 heteroatoms. The summed E-state index contributed by atoms with van der Waals surface area (Å²) in [5, 5.41) is 19.4. The molecule has 20 heavy (non-hydrogen) atoms. The first-order chi connectivity index (χ1) is 9.50. The van der Waals surface area contributed by atoms with Crippen LogP contribution in [0.4, 0.5) is 15.8 Å². The minimum absolute atomic E-state index is 0.0235. The van der Waals surface area contributed by atoms with Crippen molar-refractivity contribution >= 4 is 28.2 Å². The molecule has 0 bridgehead atoms. The molecule has 1 heterocycles. The largest absolute Gasteiger partial charge is 0.479 e. The Hall–Kier alpha value is -2.81. The Balaban J connectivity index is 2.49. The van der Waals surface area contributed by atoms with Gasteiger partial charge in [-0.1, -0.05) is 0 Å². The zero-order valence-electron chi connectivity index (χ0n) is 9.87. The van der Waals surface area contributed by atoms with E-state index >= 15 is 0 Å². The molecule has 0 unspecified atom stereocenters. The SMILES string of the molecule is O=C(O)CONc1c(F)cc([N+](=O)[O-])c2cccnc12. The second-order valence-electron chi connectivity index (χ2n) is 3.69. The van der Waals surface area contributed by atoms with E-state index in [1.54, 1.807) is 0 Å². The van der Waals surface area contributed by atoms with Crippen LogP contribution in [0.25, 0.3) is 10.9 Å². The maximum absolute atomic E-state index is 13.8. The molecule has 2 aromatic rings. The lowest BCUT2D eigenvalue weighted by molar-refractivity contribution is -0.383. The smallest absolute Gasteiger partial charge is 0.332 e. The second-order valence-corrected chi connectivity index (χ2v) is 3.69. The third-order valence-corrected chi connectivity index (χ3v) is 2.39. The number of benzene rings is 1. The average Bonchev–Trinajstić information content (AvgIpc) is 2.40. The van der Waals surface area contributed by atoms with Gasteiger partial charge < -0.3 is 5.11 Å². The van der Waals surface area contributed by atoms with E-state index in [1.807, 2.05) is 0 Å². The number of aromatic nitrogens is 1. The number of carboxylic acids is 1. The third kappa shape index (κ3) is 2.62. The van der Waals surface area contributed by atoms with Crippen LogP contribution in [0.15, 0.2) is 24.4 Å². The summed E-state index contributed by atoms with van der Waals surface area (Å²) in [7, 11) is 0. The van der Waals surface area contributed by atoms with Crippen molar-refractivity contribution in [2.45, 2.75) is 0 Å². The number of aliphatic carboxylic acids is 1. The normalized spacial score (nSPS) is 10.4. The van der Waals surface area contributed by atoms with Crippen LogP contribution >= 0.6 is 0 Å². The van der Waals surface area contributed by atoms with Crippen LogP contribution in [0, 0.1) is 15.9 Å². The van der Waals surface area contributed by atoms with Crippen molar-refractivity contribution in [1.82, 2.24) is 4.98 Å². The van der Waals surface area contributed by atoms with Gasteiger partial charge in [-0.15, -0.1) is 0 Å². The van der Waals surface area contributed by atoms with Gasteiger partial charge in [0.15, 0.2) is 12.4 Å². The maximum Gasteiger partial charge on any atom is 0.332 e. The van der Waals surface area contributed by atoms with Crippen LogP contribution in [0.5, 0.6) is 0 Å². The molecule has 0 spiro atoms. The summed E-state index contributed by atoms with van der Waals surface area (Å²) in [6.45, 7) is -0.704. The highest BCUT2D eigenvalue weighted by Crippen LogP contribution is 2.32. The van der Waals surface area contributed by atoms with Gasteiger partial charge in [0.05, 0.1) is 16.4 Å². The summed E-state index contributed by atoms with van der Waals surface area (Å²) >= 11 is 0. The van der Waals surface area contributed by atoms with E-state index in [4.69, 9.17) is 5.11 Å². The molecule has 1 aromatic carbocycles. The molecule has 0 fully saturated rings. The van der Waals surface area contributed by atoms with Gasteiger partial charge in [0.2, 0.25) is 0 Å². The standard InChI is InChI=1S/C11H8FN3O5/c12-7-4-8(15(18)19)6-2-1-3-13-10(6)11(7)14-20-5-9(16)17/h1-4,14H,5H2,(H,16,17). The van der Waals surface area contributed by atoms with Crippen LogP contribution < -0.4 is 5.48 Å². The number of nitrogens with zero attached hydrogens (tertiary/aromatic N) is 2. The van der Waals surface area contributed by atoms with E-state index in [2.05, 4.69) is 15.3 Å². The van der Waals surface area contributed by atoms with Gasteiger partial charge in [0, 0.05) is 6.20 Å². The van der Waals surface area contributed by atoms with E-state index in [-0.39, 0.29) is 16.6 Å². The molecule has 104 valence electrons. The molecule has 0 radical (unpaired) electrons. The van der Waals surface area contributed by atoms with E-state index < -0.39 is 29.0 Å². The molecular weight excluding hydrogens is 273 g/mol. The fourth-order valence-corrected chi connectivity index (χ4v) is 1.61. The Morgan fingerprint density at radius 3 is 3.00 bits per heavy atom. The first kappa shape index (κ1) is 13.6. The Morgan fingerprint density at radius 1 is 1.60 bits per heavy atom. The molecular formula is C11H8FN3O5. The second kappa shape index (κ2) is 5.45. The van der Waals surface area contributed by atoms with E-state index in [0.717, 1.165) is 6.07 Å². The quantitative estimate of drug-likeness (QED) is 0.633. The minimum Gasteiger partial charge on any atom is -0.479 e. The van der Waals surface area contributed by atoms with Gasteiger partial charge in [-0.05, 0) is 12.1 Å². The fraction of sp³-hybridized carbons (Fsp3) is 0.0909. The highest BCUT2D eigenvalue weighted by molar-refractivity contribution is 5.96. The average molecular weight is 281 g/mol. The molecule has 0 atom stereocenters.